The topological polar surface area (TPSA) is 68.8 Å². The molecule has 0 N–H and O–H groups in total. The summed E-state index contributed by atoms with van der Waals surface area (Å²) in [6, 6.07) is 0. The molecule has 0 radical (unpaired) electrons. The Labute approximate surface area is 154 Å². The van der Waals surface area contributed by atoms with Crippen LogP contribution in [-0.4, -0.2) is 48.2 Å². The maximum atomic E-state index is 12.8. The Morgan fingerprint density at radius 1 is 1.19 bits per heavy atom. The quantitative estimate of drug-likeness (QED) is 0.843. The minimum atomic E-state index is 0.257. The number of carbonyl (C=O) groups excluding carboxylic acids is 1. The van der Waals surface area contributed by atoms with Gasteiger partial charge in [0.2, 0.25) is 5.91 Å². The van der Waals surface area contributed by atoms with Gasteiger partial charge in [-0.25, -0.2) is 4.98 Å². The molecule has 3 heterocycles. The number of hydrogen-bond donors (Lipinski definition) is 0. The number of piperidine rings is 1. The Morgan fingerprint density at radius 2 is 2.00 bits per heavy atom. The van der Waals surface area contributed by atoms with E-state index >= 15 is 0 Å². The van der Waals surface area contributed by atoms with E-state index in [-0.39, 0.29) is 11.8 Å². The molecule has 0 aromatic carbocycles. The predicted molar refractivity (Wildman–Crippen MR) is 97.6 cm³/mol. The third-order valence-corrected chi connectivity index (χ3v) is 6.04. The number of aromatic nitrogens is 5. The second-order valence-electron chi connectivity index (χ2n) is 7.74. The molecule has 0 unspecified atom stereocenters. The van der Waals surface area contributed by atoms with Gasteiger partial charge < -0.3 is 14.0 Å². The molecule has 2 fully saturated rings. The van der Waals surface area contributed by atoms with Gasteiger partial charge in [0.15, 0.2) is 5.82 Å². The summed E-state index contributed by atoms with van der Waals surface area (Å²) < 4.78 is 4.18. The third kappa shape index (κ3) is 3.27. The van der Waals surface area contributed by atoms with Gasteiger partial charge in [0.1, 0.15) is 11.6 Å². The molecule has 26 heavy (non-hydrogen) atoms. The fourth-order valence-corrected chi connectivity index (χ4v) is 4.41. The minimum absolute atomic E-state index is 0.257. The van der Waals surface area contributed by atoms with Gasteiger partial charge in [-0.3, -0.25) is 4.79 Å². The van der Waals surface area contributed by atoms with Crippen molar-refractivity contribution in [3.05, 3.63) is 29.9 Å². The van der Waals surface area contributed by atoms with Crippen LogP contribution in [0.15, 0.2) is 12.4 Å². The van der Waals surface area contributed by atoms with E-state index in [1.807, 2.05) is 20.2 Å². The van der Waals surface area contributed by atoms with E-state index in [1.54, 1.807) is 6.20 Å². The average molecular weight is 356 g/mol. The Morgan fingerprint density at radius 3 is 2.73 bits per heavy atom. The van der Waals surface area contributed by atoms with E-state index < -0.39 is 0 Å². The molecule has 1 atom stereocenters. The number of hydrogen-bond acceptors (Lipinski definition) is 4. The van der Waals surface area contributed by atoms with Crippen LogP contribution < -0.4 is 0 Å². The maximum Gasteiger partial charge on any atom is 0.225 e. The minimum Gasteiger partial charge on any atom is -0.342 e. The molecule has 2 aromatic heterocycles. The van der Waals surface area contributed by atoms with Crippen molar-refractivity contribution in [2.75, 3.05) is 13.1 Å². The van der Waals surface area contributed by atoms with Crippen LogP contribution in [-0.2, 0) is 18.4 Å². The van der Waals surface area contributed by atoms with Crippen molar-refractivity contribution in [3.8, 4) is 0 Å². The lowest BCUT2D eigenvalue weighted by atomic mass is 9.95. The van der Waals surface area contributed by atoms with Crippen molar-refractivity contribution < 1.29 is 4.79 Å². The Bertz CT molecular complexity index is 773. The number of imidazole rings is 1. The van der Waals surface area contributed by atoms with Gasteiger partial charge in [-0.1, -0.05) is 12.8 Å². The van der Waals surface area contributed by atoms with Crippen LogP contribution >= 0.6 is 0 Å². The van der Waals surface area contributed by atoms with Gasteiger partial charge in [-0.05, 0) is 32.6 Å². The number of nitrogens with zero attached hydrogens (tertiary/aromatic N) is 6. The summed E-state index contributed by atoms with van der Waals surface area (Å²) in [5.41, 5.74) is 0. The molecule has 140 valence electrons. The number of rotatable bonds is 4. The molecular weight excluding hydrogens is 328 g/mol. The molecule has 1 amide bonds. The van der Waals surface area contributed by atoms with Gasteiger partial charge >= 0.3 is 0 Å². The van der Waals surface area contributed by atoms with Crippen LogP contribution in [0.25, 0.3) is 0 Å². The van der Waals surface area contributed by atoms with Crippen molar-refractivity contribution >= 4 is 5.91 Å². The molecule has 7 heteroatoms. The molecule has 2 aliphatic rings. The second-order valence-corrected chi connectivity index (χ2v) is 7.74. The lowest BCUT2D eigenvalue weighted by Crippen LogP contribution is -2.42. The summed E-state index contributed by atoms with van der Waals surface area (Å²) in [6.45, 7) is 4.34. The Balaban J connectivity index is 1.47. The first-order chi connectivity index (χ1) is 12.6. The molecule has 0 bridgehead atoms. The van der Waals surface area contributed by atoms with E-state index in [0.717, 1.165) is 56.2 Å². The van der Waals surface area contributed by atoms with Gasteiger partial charge in [0.25, 0.3) is 0 Å². The monoisotopic (exact) mass is 356 g/mol. The highest BCUT2D eigenvalue weighted by molar-refractivity contribution is 5.79. The van der Waals surface area contributed by atoms with Gasteiger partial charge in [0, 0.05) is 44.4 Å². The van der Waals surface area contributed by atoms with Crippen molar-refractivity contribution in [1.82, 2.24) is 29.2 Å². The third-order valence-electron chi connectivity index (χ3n) is 6.04. The van der Waals surface area contributed by atoms with Crippen molar-refractivity contribution in [3.63, 3.8) is 0 Å². The molecule has 1 aliphatic carbocycles. The van der Waals surface area contributed by atoms with Gasteiger partial charge in [-0.2, -0.15) is 0 Å². The highest BCUT2D eigenvalue weighted by Gasteiger charge is 2.32. The van der Waals surface area contributed by atoms with Crippen LogP contribution in [0.5, 0.6) is 0 Å². The second kappa shape index (κ2) is 7.21. The van der Waals surface area contributed by atoms with Gasteiger partial charge in [0.05, 0.1) is 6.54 Å². The Kier molecular flexibility index (Phi) is 4.78. The molecule has 4 rings (SSSR count). The number of carbonyl (C=O) groups is 1. The number of likely N-dealkylation sites (tertiary alicyclic amines) is 1. The SMILES string of the molecule is Cc1nccn1Cc1nnc([C@@H]2CCCN(C(=O)C3CCCC3)C2)n1C. The van der Waals surface area contributed by atoms with Crippen LogP contribution in [0.3, 0.4) is 0 Å². The van der Waals surface area contributed by atoms with E-state index in [9.17, 15) is 4.79 Å². The molecule has 1 aliphatic heterocycles. The number of amides is 1. The fourth-order valence-electron chi connectivity index (χ4n) is 4.41. The predicted octanol–water partition coefficient (Wildman–Crippen LogP) is 2.26. The molecular formula is C19H28N6O. The largest absolute Gasteiger partial charge is 0.342 e. The van der Waals surface area contributed by atoms with Gasteiger partial charge in [-0.15, -0.1) is 10.2 Å². The standard InChI is InChI=1S/C19H28N6O/c1-14-20-9-11-24(14)13-17-21-22-18(23(17)2)16-8-5-10-25(12-16)19(26)15-6-3-4-7-15/h9,11,15-16H,3-8,10,12-13H2,1-2H3/t16-/m1/s1. The lowest BCUT2D eigenvalue weighted by Gasteiger charge is -2.34. The normalized spacial score (nSPS) is 21.5. The summed E-state index contributed by atoms with van der Waals surface area (Å²) in [5, 5.41) is 8.90. The zero-order valence-electron chi connectivity index (χ0n) is 15.8. The van der Waals surface area contributed by atoms with E-state index in [4.69, 9.17) is 0 Å². The lowest BCUT2D eigenvalue weighted by molar-refractivity contribution is -0.136. The van der Waals surface area contributed by atoms with Crippen LogP contribution in [0.4, 0.5) is 0 Å². The van der Waals surface area contributed by atoms with Crippen molar-refractivity contribution in [2.24, 2.45) is 13.0 Å². The number of aryl methyl sites for hydroxylation is 1. The zero-order chi connectivity index (χ0) is 18.1. The smallest absolute Gasteiger partial charge is 0.225 e. The Hall–Kier alpha value is -2.18. The van der Waals surface area contributed by atoms with Crippen LogP contribution in [0.2, 0.25) is 0 Å². The van der Waals surface area contributed by atoms with E-state index in [2.05, 4.69) is 29.2 Å². The molecule has 1 saturated carbocycles. The fraction of sp³-hybridized carbons (Fsp3) is 0.684. The summed E-state index contributed by atoms with van der Waals surface area (Å²) in [5.74, 6) is 3.81. The molecule has 7 nitrogen and oxygen atoms in total. The first-order valence-electron chi connectivity index (χ1n) is 9.78. The van der Waals surface area contributed by atoms with E-state index in [1.165, 1.54) is 12.8 Å². The summed E-state index contributed by atoms with van der Waals surface area (Å²) in [6.07, 6.45) is 10.4. The molecule has 0 spiro atoms. The van der Waals surface area contributed by atoms with E-state index in [0.29, 0.717) is 12.5 Å². The van der Waals surface area contributed by atoms with Crippen LogP contribution in [0, 0.1) is 12.8 Å². The highest BCUT2D eigenvalue weighted by Crippen LogP contribution is 2.31. The van der Waals surface area contributed by atoms with Crippen molar-refractivity contribution in [1.29, 1.82) is 0 Å². The summed E-state index contributed by atoms with van der Waals surface area (Å²) in [4.78, 5) is 19.1. The molecule has 2 aromatic rings. The first kappa shape index (κ1) is 17.2. The maximum absolute atomic E-state index is 12.8. The summed E-state index contributed by atoms with van der Waals surface area (Å²) in [7, 11) is 2.04. The van der Waals surface area contributed by atoms with Crippen molar-refractivity contribution in [2.45, 2.75) is 57.9 Å². The highest BCUT2D eigenvalue weighted by atomic mass is 16.2. The average Bonchev–Trinajstić information content (AvgIpc) is 3.39. The molecule has 1 saturated heterocycles. The zero-order valence-corrected chi connectivity index (χ0v) is 15.8. The van der Waals surface area contributed by atoms with Crippen LogP contribution in [0.1, 0.15) is 61.9 Å². The summed E-state index contributed by atoms with van der Waals surface area (Å²) >= 11 is 0. The first-order valence-corrected chi connectivity index (χ1v) is 9.78.